The van der Waals surface area contributed by atoms with E-state index in [9.17, 15) is 19.5 Å². The van der Waals surface area contributed by atoms with Gasteiger partial charge in [0, 0.05) is 34.6 Å². The van der Waals surface area contributed by atoms with Crippen LogP contribution in [0, 0.1) is 11.8 Å². The average molecular weight is 633 g/mol. The monoisotopic (exact) mass is 631 g/mol. The van der Waals surface area contributed by atoms with Gasteiger partial charge in [0.2, 0.25) is 17.7 Å². The van der Waals surface area contributed by atoms with E-state index in [1.54, 1.807) is 72.3 Å². The summed E-state index contributed by atoms with van der Waals surface area (Å²) >= 11 is 5.38. The van der Waals surface area contributed by atoms with Crippen molar-refractivity contribution in [2.75, 3.05) is 37.5 Å². The van der Waals surface area contributed by atoms with Crippen LogP contribution >= 0.6 is 27.7 Å². The Labute approximate surface area is 246 Å². The number of rotatable bonds is 11. The molecule has 0 saturated carbocycles. The first-order chi connectivity index (χ1) is 19.3. The number of halogens is 1. The minimum atomic E-state index is -0.746. The number of alkyl halides is 1. The molecule has 214 valence electrons. The van der Waals surface area contributed by atoms with Gasteiger partial charge in [0.1, 0.15) is 17.5 Å². The molecular weight excluding hydrogens is 598 g/mol. The Bertz CT molecular complexity index is 1250. The molecule has 9 nitrogen and oxygen atoms in total. The highest BCUT2D eigenvalue weighted by molar-refractivity contribution is 9.09. The minimum Gasteiger partial charge on any atom is -0.497 e. The number of hydrogen-bond donors (Lipinski definition) is 3. The lowest BCUT2D eigenvalue weighted by atomic mass is 9.70. The highest BCUT2D eigenvalue weighted by Gasteiger charge is 2.75. The molecule has 11 heteroatoms. The number of ether oxygens (including phenoxy) is 2. The number of nitrogens with one attached hydrogen (secondary N) is 2. The van der Waals surface area contributed by atoms with Crippen molar-refractivity contribution in [3.63, 3.8) is 0 Å². The fraction of sp³-hybridized carbons (Fsp3) is 0.483. The van der Waals surface area contributed by atoms with Crippen LogP contribution in [0.25, 0.3) is 0 Å². The lowest BCUT2D eigenvalue weighted by Crippen LogP contribution is -2.52. The molecule has 0 aromatic heterocycles. The van der Waals surface area contributed by atoms with E-state index >= 15 is 0 Å². The molecule has 5 rings (SSSR count). The third kappa shape index (κ3) is 5.19. The maximum absolute atomic E-state index is 14.0. The fourth-order valence-corrected chi connectivity index (χ4v) is 9.89. The van der Waals surface area contributed by atoms with Gasteiger partial charge in [-0.2, -0.15) is 0 Å². The summed E-state index contributed by atoms with van der Waals surface area (Å²) in [5, 5.41) is 15.2. The smallest absolute Gasteiger partial charge is 0.248 e. The van der Waals surface area contributed by atoms with E-state index < -0.39 is 22.6 Å². The number of carbonyl (C=O) groups is 3. The summed E-state index contributed by atoms with van der Waals surface area (Å²) in [7, 11) is 1.58. The molecule has 3 N–H and O–H groups in total. The fourth-order valence-electron chi connectivity index (χ4n) is 6.28. The zero-order valence-electron chi connectivity index (χ0n) is 22.5. The normalized spacial score (nSPS) is 28.4. The average Bonchev–Trinajstić information content (AvgIpc) is 3.54. The first-order valence-electron chi connectivity index (χ1n) is 13.5. The van der Waals surface area contributed by atoms with E-state index in [0.29, 0.717) is 55.3 Å². The number of methoxy groups -OCH3 is 1. The molecule has 40 heavy (non-hydrogen) atoms. The molecule has 0 radical (unpaired) electrons. The molecule has 6 atom stereocenters. The zero-order valence-corrected chi connectivity index (χ0v) is 24.9. The molecule has 3 aliphatic heterocycles. The number of amides is 3. The summed E-state index contributed by atoms with van der Waals surface area (Å²) in [6.45, 7) is 2.80. The summed E-state index contributed by atoms with van der Waals surface area (Å²) in [5.74, 6) is -0.504. The molecule has 3 heterocycles. The van der Waals surface area contributed by atoms with Crippen LogP contribution in [0.1, 0.15) is 26.2 Å². The van der Waals surface area contributed by atoms with Crippen molar-refractivity contribution in [3.8, 4) is 11.5 Å². The van der Waals surface area contributed by atoms with E-state index in [4.69, 9.17) is 9.47 Å². The Balaban J connectivity index is 1.42. The van der Waals surface area contributed by atoms with E-state index in [1.807, 2.05) is 6.92 Å². The zero-order chi connectivity index (χ0) is 28.4. The molecule has 0 aliphatic carbocycles. The number of thioether (sulfide) groups is 1. The summed E-state index contributed by atoms with van der Waals surface area (Å²) in [6, 6.07) is 13.5. The number of fused-ring (bicyclic) bond motifs is 1. The van der Waals surface area contributed by atoms with Crippen molar-refractivity contribution in [2.24, 2.45) is 11.8 Å². The van der Waals surface area contributed by atoms with Crippen LogP contribution in [-0.4, -0.2) is 75.5 Å². The van der Waals surface area contributed by atoms with Crippen molar-refractivity contribution in [1.82, 2.24) is 4.90 Å². The molecule has 2 bridgehead atoms. The van der Waals surface area contributed by atoms with E-state index in [0.717, 1.165) is 0 Å². The second-order valence-corrected chi connectivity index (χ2v) is 13.0. The van der Waals surface area contributed by atoms with Crippen LogP contribution < -0.4 is 20.1 Å². The predicted octanol–water partition coefficient (Wildman–Crippen LogP) is 3.91. The molecule has 2 aromatic carbocycles. The lowest BCUT2D eigenvalue weighted by molar-refractivity contribution is -0.138. The molecule has 3 unspecified atom stereocenters. The van der Waals surface area contributed by atoms with Crippen LogP contribution in [0.3, 0.4) is 0 Å². The number of carbonyl (C=O) groups excluding carboxylic acids is 3. The van der Waals surface area contributed by atoms with Gasteiger partial charge in [-0.15, -0.1) is 11.8 Å². The van der Waals surface area contributed by atoms with Gasteiger partial charge in [0.25, 0.3) is 0 Å². The van der Waals surface area contributed by atoms with Gasteiger partial charge in [-0.1, -0.05) is 15.9 Å². The Kier molecular flexibility index (Phi) is 8.63. The van der Waals surface area contributed by atoms with Gasteiger partial charge in [0.05, 0.1) is 30.3 Å². The Morgan fingerprint density at radius 1 is 1.05 bits per heavy atom. The summed E-state index contributed by atoms with van der Waals surface area (Å²) in [5.41, 5.74) is 1.23. The second kappa shape index (κ2) is 12.0. The van der Waals surface area contributed by atoms with Crippen molar-refractivity contribution in [2.45, 2.75) is 47.1 Å². The standard InChI is InChI=1S/C29H34BrN3O6S/c1-3-39-20-12-8-17(9-13-20)31-26(35)22-23-28(37)33(14-4-5-15-34)25(29(23)16-21(30)24(22)40-29)27(36)32-18-6-10-19(38-2)11-7-18/h6-13,21-25,34H,3-5,14-16H2,1-2H3,(H,31,35)(H,32,36)/t21?,22-,23-,24-,25?,29?/m0/s1. The Hall–Kier alpha value is -2.76. The first-order valence-corrected chi connectivity index (χ1v) is 15.3. The molecule has 1 spiro atoms. The SMILES string of the molecule is CCOc1ccc(NC(=O)[C@H]2[C@H]3C(=O)N(CCCCO)C(C(=O)Nc4ccc(OC)cc4)C34CC(Br)[C@@H]2S4)cc1. The van der Waals surface area contributed by atoms with Crippen LogP contribution in [0.15, 0.2) is 48.5 Å². The maximum atomic E-state index is 14.0. The molecular formula is C29H34BrN3O6S. The van der Waals surface area contributed by atoms with Gasteiger partial charge in [-0.05, 0) is 74.7 Å². The minimum absolute atomic E-state index is 0.00667. The third-order valence-corrected chi connectivity index (χ3v) is 11.2. The van der Waals surface area contributed by atoms with Gasteiger partial charge in [-0.3, -0.25) is 14.4 Å². The number of benzene rings is 2. The van der Waals surface area contributed by atoms with Gasteiger partial charge in [0.15, 0.2) is 0 Å². The molecule has 3 fully saturated rings. The summed E-state index contributed by atoms with van der Waals surface area (Å²) in [6.07, 6.45) is 1.68. The van der Waals surface area contributed by atoms with Gasteiger partial charge >= 0.3 is 0 Å². The number of likely N-dealkylation sites (tertiary alicyclic amines) is 1. The number of unbranched alkanes of at least 4 members (excludes halogenated alkanes) is 1. The number of hydrogen-bond acceptors (Lipinski definition) is 7. The highest BCUT2D eigenvalue weighted by atomic mass is 79.9. The number of aliphatic hydroxyl groups is 1. The molecule has 2 aromatic rings. The van der Waals surface area contributed by atoms with Gasteiger partial charge in [-0.25, -0.2) is 0 Å². The van der Waals surface area contributed by atoms with Crippen LogP contribution in [0.4, 0.5) is 11.4 Å². The van der Waals surface area contributed by atoms with Gasteiger partial charge < -0.3 is 30.1 Å². The Morgan fingerprint density at radius 2 is 1.68 bits per heavy atom. The Morgan fingerprint density at radius 3 is 2.27 bits per heavy atom. The van der Waals surface area contributed by atoms with Crippen LogP contribution in [0.5, 0.6) is 11.5 Å². The van der Waals surface area contributed by atoms with Crippen molar-refractivity contribution in [3.05, 3.63) is 48.5 Å². The number of aliphatic hydroxyl groups excluding tert-OH is 1. The first kappa shape index (κ1) is 28.8. The third-order valence-electron chi connectivity index (χ3n) is 7.94. The molecule has 3 saturated heterocycles. The molecule has 3 amide bonds. The molecule has 3 aliphatic rings. The topological polar surface area (TPSA) is 117 Å². The summed E-state index contributed by atoms with van der Waals surface area (Å²) in [4.78, 5) is 43.3. The van der Waals surface area contributed by atoms with E-state index in [1.165, 1.54) is 0 Å². The largest absolute Gasteiger partial charge is 0.497 e. The van der Waals surface area contributed by atoms with E-state index in [2.05, 4.69) is 26.6 Å². The quantitative estimate of drug-likeness (QED) is 0.254. The van der Waals surface area contributed by atoms with Crippen molar-refractivity contribution in [1.29, 1.82) is 0 Å². The summed E-state index contributed by atoms with van der Waals surface area (Å²) < 4.78 is 9.98. The maximum Gasteiger partial charge on any atom is 0.248 e. The van der Waals surface area contributed by atoms with Crippen molar-refractivity contribution >= 4 is 56.8 Å². The van der Waals surface area contributed by atoms with Crippen LogP contribution in [0.2, 0.25) is 0 Å². The van der Waals surface area contributed by atoms with Crippen molar-refractivity contribution < 1.29 is 29.0 Å². The number of anilines is 2. The second-order valence-electron chi connectivity index (χ2n) is 10.3. The lowest BCUT2D eigenvalue weighted by Gasteiger charge is -2.35. The number of nitrogens with zero attached hydrogens (tertiary/aromatic N) is 1. The predicted molar refractivity (Wildman–Crippen MR) is 158 cm³/mol. The highest BCUT2D eigenvalue weighted by Crippen LogP contribution is 2.67. The van der Waals surface area contributed by atoms with E-state index in [-0.39, 0.29) is 34.4 Å². The van der Waals surface area contributed by atoms with Crippen LogP contribution in [-0.2, 0) is 14.4 Å².